The molecule has 92 valence electrons. The molecule has 0 bridgehead atoms. The summed E-state index contributed by atoms with van der Waals surface area (Å²) >= 11 is 0. The molecule has 1 unspecified atom stereocenters. The molecule has 0 saturated heterocycles. The summed E-state index contributed by atoms with van der Waals surface area (Å²) in [6.45, 7) is 0.876. The van der Waals surface area contributed by atoms with Gasteiger partial charge in [0.1, 0.15) is 0 Å². The van der Waals surface area contributed by atoms with E-state index in [0.29, 0.717) is 0 Å². The van der Waals surface area contributed by atoms with Crippen LogP contribution in [0.2, 0.25) is 0 Å². The molecule has 0 aliphatic rings. The van der Waals surface area contributed by atoms with Gasteiger partial charge < -0.3 is 5.73 Å². The highest BCUT2D eigenvalue weighted by Gasteiger charge is 2.28. The van der Waals surface area contributed by atoms with Gasteiger partial charge in [-0.3, -0.25) is 0 Å². The van der Waals surface area contributed by atoms with Crippen molar-refractivity contribution in [2.24, 2.45) is 5.73 Å². The highest BCUT2D eigenvalue weighted by molar-refractivity contribution is 7.90. The number of hydrogen-bond acceptors (Lipinski definition) is 3. The Morgan fingerprint density at radius 2 is 1.93 bits per heavy atom. The van der Waals surface area contributed by atoms with Gasteiger partial charge in [-0.1, -0.05) is 6.92 Å². The molecule has 0 aromatic heterocycles. The molecule has 0 saturated carbocycles. The SMILES string of the molecule is CCC(CN)S(=O)(=O)NCCC(F)(F)F. The predicted molar refractivity (Wildman–Crippen MR) is 50.7 cm³/mol. The third-order valence-corrected chi connectivity index (χ3v) is 3.88. The lowest BCUT2D eigenvalue weighted by molar-refractivity contribution is -0.132. The molecule has 0 aromatic rings. The van der Waals surface area contributed by atoms with Crippen LogP contribution in [0.3, 0.4) is 0 Å². The minimum Gasteiger partial charge on any atom is -0.329 e. The Hall–Kier alpha value is -0.340. The second-order valence-electron chi connectivity index (χ2n) is 3.07. The Morgan fingerprint density at radius 1 is 1.40 bits per heavy atom. The Morgan fingerprint density at radius 3 is 2.27 bits per heavy atom. The molecular formula is C7H15F3N2O2S. The molecule has 8 heteroatoms. The topological polar surface area (TPSA) is 72.2 Å². The maximum Gasteiger partial charge on any atom is 0.390 e. The molecule has 0 aromatic carbocycles. The van der Waals surface area contributed by atoms with E-state index >= 15 is 0 Å². The van der Waals surface area contributed by atoms with E-state index in [0.717, 1.165) is 0 Å². The fraction of sp³-hybridized carbons (Fsp3) is 1.00. The van der Waals surface area contributed by atoms with Crippen LogP contribution in [0.1, 0.15) is 19.8 Å². The van der Waals surface area contributed by atoms with E-state index in [9.17, 15) is 21.6 Å². The largest absolute Gasteiger partial charge is 0.390 e. The first-order valence-electron chi connectivity index (χ1n) is 4.48. The van der Waals surface area contributed by atoms with Crippen LogP contribution >= 0.6 is 0 Å². The minimum atomic E-state index is -4.35. The quantitative estimate of drug-likeness (QED) is 0.723. The third-order valence-electron chi connectivity index (χ3n) is 1.87. The van der Waals surface area contributed by atoms with Crippen LogP contribution in [0, 0.1) is 0 Å². The van der Waals surface area contributed by atoms with Crippen LogP contribution in [-0.4, -0.2) is 32.9 Å². The highest BCUT2D eigenvalue weighted by Crippen LogP contribution is 2.18. The number of nitrogens with two attached hydrogens (primary N) is 1. The number of hydrogen-bond donors (Lipinski definition) is 2. The molecule has 3 N–H and O–H groups in total. The van der Waals surface area contributed by atoms with Gasteiger partial charge in [0.25, 0.3) is 0 Å². The van der Waals surface area contributed by atoms with E-state index in [4.69, 9.17) is 5.73 Å². The fourth-order valence-corrected chi connectivity index (χ4v) is 2.28. The molecule has 0 amide bonds. The molecule has 0 rings (SSSR count). The smallest absolute Gasteiger partial charge is 0.329 e. The van der Waals surface area contributed by atoms with Crippen LogP contribution in [0.5, 0.6) is 0 Å². The molecule has 0 radical (unpaired) electrons. The first kappa shape index (κ1) is 14.7. The Kier molecular flexibility index (Phi) is 5.54. The lowest BCUT2D eigenvalue weighted by Crippen LogP contribution is -2.39. The van der Waals surface area contributed by atoms with Crippen LogP contribution < -0.4 is 10.5 Å². The molecule has 4 nitrogen and oxygen atoms in total. The van der Waals surface area contributed by atoms with E-state index < -0.39 is 34.4 Å². The van der Waals surface area contributed by atoms with Gasteiger partial charge >= 0.3 is 6.18 Å². The van der Waals surface area contributed by atoms with Gasteiger partial charge in [0, 0.05) is 13.1 Å². The summed E-state index contributed by atoms with van der Waals surface area (Å²) in [6.07, 6.45) is -5.25. The minimum absolute atomic E-state index is 0.0994. The Labute approximate surface area is 87.1 Å². The number of nitrogens with one attached hydrogen (secondary N) is 1. The zero-order valence-corrected chi connectivity index (χ0v) is 9.16. The summed E-state index contributed by atoms with van der Waals surface area (Å²) in [7, 11) is -3.72. The third kappa shape index (κ3) is 5.95. The average molecular weight is 248 g/mol. The standard InChI is InChI=1S/C7H15F3N2O2S/c1-2-6(5-11)15(13,14)12-4-3-7(8,9)10/h6,12H,2-5,11H2,1H3. The Bertz CT molecular complexity index is 272. The van der Waals surface area contributed by atoms with Crippen molar-refractivity contribution in [1.29, 1.82) is 0 Å². The molecule has 15 heavy (non-hydrogen) atoms. The predicted octanol–water partition coefficient (Wildman–Crippen LogP) is 0.596. The second-order valence-corrected chi connectivity index (χ2v) is 5.12. The van der Waals surface area contributed by atoms with Crippen molar-refractivity contribution in [2.75, 3.05) is 13.1 Å². The van der Waals surface area contributed by atoms with Crippen molar-refractivity contribution in [1.82, 2.24) is 4.72 Å². The van der Waals surface area contributed by atoms with Gasteiger partial charge in [0.2, 0.25) is 10.0 Å². The maximum absolute atomic E-state index is 11.7. The van der Waals surface area contributed by atoms with E-state index in [1.54, 1.807) is 6.92 Å². The van der Waals surface area contributed by atoms with E-state index in [1.807, 2.05) is 4.72 Å². The molecule has 0 heterocycles. The lowest BCUT2D eigenvalue weighted by Gasteiger charge is -2.14. The molecule has 0 aliphatic heterocycles. The van der Waals surface area contributed by atoms with Gasteiger partial charge in [0.15, 0.2) is 0 Å². The van der Waals surface area contributed by atoms with Gasteiger partial charge in [0.05, 0.1) is 11.7 Å². The number of alkyl halides is 3. The monoisotopic (exact) mass is 248 g/mol. The summed E-state index contributed by atoms with van der Waals surface area (Å²) < 4.78 is 59.7. The van der Waals surface area contributed by atoms with E-state index in [2.05, 4.69) is 0 Å². The first-order valence-corrected chi connectivity index (χ1v) is 6.03. The zero-order valence-electron chi connectivity index (χ0n) is 8.34. The van der Waals surface area contributed by atoms with E-state index in [1.165, 1.54) is 0 Å². The Balaban J connectivity index is 4.16. The molecule has 1 atom stereocenters. The van der Waals surface area contributed by atoms with Gasteiger partial charge in [-0.2, -0.15) is 13.2 Å². The van der Waals surface area contributed by atoms with Crippen molar-refractivity contribution in [3.8, 4) is 0 Å². The van der Waals surface area contributed by atoms with Crippen molar-refractivity contribution < 1.29 is 21.6 Å². The number of sulfonamides is 1. The normalized spacial score (nSPS) is 15.3. The second kappa shape index (κ2) is 5.66. The van der Waals surface area contributed by atoms with Crippen LogP contribution in [0.4, 0.5) is 13.2 Å². The van der Waals surface area contributed by atoms with Crippen molar-refractivity contribution in [3.63, 3.8) is 0 Å². The van der Waals surface area contributed by atoms with Crippen molar-refractivity contribution >= 4 is 10.0 Å². The van der Waals surface area contributed by atoms with Crippen LogP contribution in [-0.2, 0) is 10.0 Å². The summed E-state index contributed by atoms with van der Waals surface area (Å²) in [6, 6.07) is 0. The summed E-state index contributed by atoms with van der Waals surface area (Å²) in [4.78, 5) is 0. The molecule has 0 fully saturated rings. The van der Waals surface area contributed by atoms with Gasteiger partial charge in [-0.15, -0.1) is 0 Å². The molecule has 0 spiro atoms. The summed E-state index contributed by atoms with van der Waals surface area (Å²) in [5.74, 6) is 0. The first-order chi connectivity index (χ1) is 6.73. The number of halogens is 3. The zero-order chi connectivity index (χ0) is 12.1. The van der Waals surface area contributed by atoms with Crippen molar-refractivity contribution in [3.05, 3.63) is 0 Å². The lowest BCUT2D eigenvalue weighted by atomic mass is 10.3. The fourth-order valence-electron chi connectivity index (χ4n) is 0.966. The number of rotatable bonds is 6. The van der Waals surface area contributed by atoms with Crippen LogP contribution in [0.25, 0.3) is 0 Å². The van der Waals surface area contributed by atoms with Crippen molar-refractivity contribution in [2.45, 2.75) is 31.2 Å². The molecule has 0 aliphatic carbocycles. The van der Waals surface area contributed by atoms with Crippen LogP contribution in [0.15, 0.2) is 0 Å². The highest BCUT2D eigenvalue weighted by atomic mass is 32.2. The summed E-state index contributed by atoms with van der Waals surface area (Å²) in [5.41, 5.74) is 5.19. The van der Waals surface area contributed by atoms with E-state index in [-0.39, 0.29) is 13.0 Å². The molecular weight excluding hydrogens is 233 g/mol. The maximum atomic E-state index is 11.7. The van der Waals surface area contributed by atoms with Gasteiger partial charge in [-0.05, 0) is 6.42 Å². The summed E-state index contributed by atoms with van der Waals surface area (Å²) in [5, 5.41) is -0.828. The average Bonchev–Trinajstić information content (AvgIpc) is 2.02. The van der Waals surface area contributed by atoms with Gasteiger partial charge in [-0.25, -0.2) is 13.1 Å².